The molecule has 0 spiro atoms. The molecule has 188 valence electrons. The van der Waals surface area contributed by atoms with Crippen molar-refractivity contribution in [3.8, 4) is 5.69 Å². The van der Waals surface area contributed by atoms with E-state index >= 15 is 0 Å². The van der Waals surface area contributed by atoms with Gasteiger partial charge in [0.15, 0.2) is 0 Å². The zero-order valence-electron chi connectivity index (χ0n) is 18.9. The summed E-state index contributed by atoms with van der Waals surface area (Å²) in [5.74, 6) is -0.627. The zero-order chi connectivity index (χ0) is 26.3. The molecule has 1 aromatic heterocycles. The minimum atomic E-state index is -4.72. The highest BCUT2D eigenvalue weighted by Crippen LogP contribution is 2.37. The molecule has 3 rings (SSSR count). The maximum absolute atomic E-state index is 13.8. The highest BCUT2D eigenvalue weighted by Gasteiger charge is 2.35. The van der Waals surface area contributed by atoms with Crippen molar-refractivity contribution in [2.24, 2.45) is 5.14 Å². The third kappa shape index (κ3) is 5.87. The fourth-order valence-electron chi connectivity index (χ4n) is 3.86. The number of aliphatic hydroxyl groups is 1. The van der Waals surface area contributed by atoms with E-state index in [2.05, 4.69) is 5.32 Å². The number of aliphatic hydroxyl groups excluding tert-OH is 1. The number of aryl methyl sites for hydroxylation is 1. The van der Waals surface area contributed by atoms with Gasteiger partial charge in [-0.25, -0.2) is 13.6 Å². The molecular weight excluding hydrogens is 507 g/mol. The van der Waals surface area contributed by atoms with E-state index in [1.54, 1.807) is 0 Å². The predicted octanol–water partition coefficient (Wildman–Crippen LogP) is 4.59. The van der Waals surface area contributed by atoms with Crippen molar-refractivity contribution in [3.05, 3.63) is 75.6 Å². The van der Waals surface area contributed by atoms with E-state index in [1.165, 1.54) is 61.7 Å². The van der Waals surface area contributed by atoms with E-state index in [0.29, 0.717) is 5.56 Å². The lowest BCUT2D eigenvalue weighted by molar-refractivity contribution is -0.137. The lowest BCUT2D eigenvalue weighted by Gasteiger charge is -2.19. The van der Waals surface area contributed by atoms with Gasteiger partial charge in [0.25, 0.3) is 5.91 Å². The van der Waals surface area contributed by atoms with Crippen LogP contribution in [0.5, 0.6) is 0 Å². The van der Waals surface area contributed by atoms with Crippen molar-refractivity contribution in [2.75, 3.05) is 5.32 Å². The number of anilines is 1. The number of halogens is 4. The SMILES string of the molecule is Cc1cc(NC(=O)c2cc(CC(C)O)n(-c3ccc(Cl)cc3C(F)(F)F)c2C)ccc1S(N)(=O)=O. The minimum Gasteiger partial charge on any atom is -0.393 e. The lowest BCUT2D eigenvalue weighted by atomic mass is 10.1. The Morgan fingerprint density at radius 1 is 1.17 bits per heavy atom. The molecule has 0 saturated heterocycles. The summed E-state index contributed by atoms with van der Waals surface area (Å²) in [6, 6.07) is 8.76. The summed E-state index contributed by atoms with van der Waals surface area (Å²) in [4.78, 5) is 13.0. The van der Waals surface area contributed by atoms with Crippen LogP contribution >= 0.6 is 11.6 Å². The maximum atomic E-state index is 13.8. The maximum Gasteiger partial charge on any atom is 0.418 e. The van der Waals surface area contributed by atoms with Gasteiger partial charge in [-0.1, -0.05) is 11.6 Å². The molecule has 0 aliphatic rings. The smallest absolute Gasteiger partial charge is 0.393 e. The van der Waals surface area contributed by atoms with Crippen molar-refractivity contribution in [1.82, 2.24) is 4.57 Å². The topological polar surface area (TPSA) is 114 Å². The van der Waals surface area contributed by atoms with Gasteiger partial charge in [-0.05, 0) is 68.8 Å². The summed E-state index contributed by atoms with van der Waals surface area (Å²) >= 11 is 5.81. The van der Waals surface area contributed by atoms with Crippen LogP contribution in [0.15, 0.2) is 47.4 Å². The normalized spacial score (nSPS) is 13.1. The van der Waals surface area contributed by atoms with Gasteiger partial charge >= 0.3 is 6.18 Å². The highest BCUT2D eigenvalue weighted by atomic mass is 35.5. The predicted molar refractivity (Wildman–Crippen MR) is 126 cm³/mol. The fourth-order valence-corrected chi connectivity index (χ4v) is 4.80. The molecule has 12 heteroatoms. The van der Waals surface area contributed by atoms with Gasteiger partial charge < -0.3 is 15.0 Å². The molecule has 35 heavy (non-hydrogen) atoms. The summed E-state index contributed by atoms with van der Waals surface area (Å²) in [7, 11) is -3.94. The monoisotopic (exact) mass is 529 g/mol. The number of primary sulfonamides is 1. The number of carbonyl (C=O) groups is 1. The van der Waals surface area contributed by atoms with Crippen LogP contribution in [-0.2, 0) is 22.6 Å². The molecule has 0 radical (unpaired) electrons. The number of aromatic nitrogens is 1. The van der Waals surface area contributed by atoms with E-state index in [9.17, 15) is 31.5 Å². The summed E-state index contributed by atoms with van der Waals surface area (Å²) in [6.07, 6.45) is -5.63. The van der Waals surface area contributed by atoms with Gasteiger partial charge in [-0.2, -0.15) is 13.2 Å². The van der Waals surface area contributed by atoms with Crippen molar-refractivity contribution in [3.63, 3.8) is 0 Å². The van der Waals surface area contributed by atoms with Gasteiger partial charge in [0.2, 0.25) is 10.0 Å². The molecule has 1 amide bonds. The molecule has 2 aromatic carbocycles. The first kappa shape index (κ1) is 26.7. The molecule has 7 nitrogen and oxygen atoms in total. The number of benzene rings is 2. The number of nitrogens with two attached hydrogens (primary N) is 1. The third-order valence-electron chi connectivity index (χ3n) is 5.32. The molecule has 0 saturated carbocycles. The van der Waals surface area contributed by atoms with Crippen LogP contribution in [0.2, 0.25) is 5.02 Å². The Morgan fingerprint density at radius 2 is 1.83 bits per heavy atom. The Hall–Kier alpha value is -2.86. The molecule has 1 heterocycles. The molecule has 0 aliphatic carbocycles. The highest BCUT2D eigenvalue weighted by molar-refractivity contribution is 7.89. The van der Waals surface area contributed by atoms with Crippen molar-refractivity contribution in [1.29, 1.82) is 0 Å². The Kier molecular flexibility index (Phi) is 7.37. The molecule has 0 fully saturated rings. The first-order valence-corrected chi connectivity index (χ1v) is 12.2. The summed E-state index contributed by atoms with van der Waals surface area (Å²) in [5, 5.41) is 17.6. The van der Waals surface area contributed by atoms with Crippen LogP contribution < -0.4 is 10.5 Å². The Bertz CT molecular complexity index is 1400. The van der Waals surface area contributed by atoms with Gasteiger partial charge in [-0.15, -0.1) is 0 Å². The van der Waals surface area contributed by atoms with Crippen molar-refractivity contribution in [2.45, 2.75) is 44.4 Å². The van der Waals surface area contributed by atoms with Crippen LogP contribution in [-0.4, -0.2) is 30.1 Å². The van der Waals surface area contributed by atoms with Crippen molar-refractivity contribution >= 4 is 33.2 Å². The molecule has 1 unspecified atom stereocenters. The number of amides is 1. The zero-order valence-corrected chi connectivity index (χ0v) is 20.5. The summed E-state index contributed by atoms with van der Waals surface area (Å²) in [5.41, 5.74) is -0.0619. The average Bonchev–Trinajstić information content (AvgIpc) is 3.01. The molecule has 3 aromatic rings. The largest absolute Gasteiger partial charge is 0.418 e. The van der Waals surface area contributed by atoms with Crippen LogP contribution in [0.1, 0.15) is 39.8 Å². The minimum absolute atomic E-state index is 0.0177. The van der Waals surface area contributed by atoms with Crippen LogP contribution in [0.25, 0.3) is 5.69 Å². The standard InChI is InChI=1S/C23H23ClF3N3O4S/c1-12-8-16(5-7-21(12)35(28,33)34)29-22(32)18-11-17(9-13(2)31)30(14(18)3)20-6-4-15(24)10-19(20)23(25,26)27/h4-8,10-11,13,31H,9H2,1-3H3,(H,29,32)(H2,28,33,34). The van der Waals surface area contributed by atoms with Crippen LogP contribution in [0, 0.1) is 13.8 Å². The quantitative estimate of drug-likeness (QED) is 0.433. The molecule has 0 bridgehead atoms. The number of hydrogen-bond donors (Lipinski definition) is 3. The number of carbonyl (C=O) groups excluding carboxylic acids is 1. The summed E-state index contributed by atoms with van der Waals surface area (Å²) < 4.78 is 65.9. The number of alkyl halides is 3. The third-order valence-corrected chi connectivity index (χ3v) is 6.62. The average molecular weight is 530 g/mol. The second kappa shape index (κ2) is 9.65. The lowest BCUT2D eigenvalue weighted by Crippen LogP contribution is -2.17. The first-order chi connectivity index (χ1) is 16.1. The Labute approximate surface area is 205 Å². The number of sulfonamides is 1. The second-order valence-corrected chi connectivity index (χ2v) is 10.1. The first-order valence-electron chi connectivity index (χ1n) is 10.3. The summed E-state index contributed by atoms with van der Waals surface area (Å²) in [6.45, 7) is 4.48. The Balaban J connectivity index is 2.10. The van der Waals surface area contributed by atoms with Crippen molar-refractivity contribution < 1.29 is 31.5 Å². The number of nitrogens with zero attached hydrogens (tertiary/aromatic N) is 1. The molecule has 1 atom stereocenters. The number of rotatable bonds is 6. The van der Waals surface area contributed by atoms with E-state index in [0.717, 1.165) is 6.07 Å². The second-order valence-electron chi connectivity index (χ2n) is 8.16. The molecule has 0 aliphatic heterocycles. The molecule has 4 N–H and O–H groups in total. The number of hydrogen-bond acceptors (Lipinski definition) is 4. The molecular formula is C23H23ClF3N3O4S. The van der Waals surface area contributed by atoms with Crippen LogP contribution in [0.4, 0.5) is 18.9 Å². The van der Waals surface area contributed by atoms with Gasteiger partial charge in [0.05, 0.1) is 27.8 Å². The van der Waals surface area contributed by atoms with Gasteiger partial charge in [0.1, 0.15) is 0 Å². The van der Waals surface area contributed by atoms with Gasteiger partial charge in [0, 0.05) is 28.5 Å². The van der Waals surface area contributed by atoms with Gasteiger partial charge in [-0.3, -0.25) is 4.79 Å². The van der Waals surface area contributed by atoms with E-state index in [1.807, 2.05) is 0 Å². The Morgan fingerprint density at radius 3 is 2.37 bits per heavy atom. The van der Waals surface area contributed by atoms with E-state index in [4.69, 9.17) is 16.7 Å². The fraction of sp³-hybridized carbons (Fsp3) is 0.261. The number of nitrogens with one attached hydrogen (secondary N) is 1. The van der Waals surface area contributed by atoms with Crippen LogP contribution in [0.3, 0.4) is 0 Å². The van der Waals surface area contributed by atoms with E-state index in [-0.39, 0.29) is 44.7 Å². The van der Waals surface area contributed by atoms with E-state index < -0.39 is 33.8 Å².